The number of aryl methyl sites for hydroxylation is 1. The van der Waals surface area contributed by atoms with E-state index in [4.69, 9.17) is 0 Å². The maximum absolute atomic E-state index is 4.46. The fourth-order valence-electron chi connectivity index (χ4n) is 3.60. The average molecular weight is 233 g/mol. The van der Waals surface area contributed by atoms with Gasteiger partial charge in [-0.3, -0.25) is 5.10 Å². The van der Waals surface area contributed by atoms with Gasteiger partial charge in [0.2, 0.25) is 0 Å². The summed E-state index contributed by atoms with van der Waals surface area (Å²) < 4.78 is 0. The lowest BCUT2D eigenvalue weighted by Gasteiger charge is -2.33. The van der Waals surface area contributed by atoms with Crippen LogP contribution in [0.1, 0.15) is 57.2 Å². The zero-order valence-corrected chi connectivity index (χ0v) is 11.0. The highest BCUT2D eigenvalue weighted by atomic mass is 15.2. The monoisotopic (exact) mass is 233 g/mol. The van der Waals surface area contributed by atoms with Gasteiger partial charge in [-0.2, -0.15) is 5.10 Å². The Morgan fingerprint density at radius 3 is 2.71 bits per heavy atom. The van der Waals surface area contributed by atoms with Gasteiger partial charge in [0, 0.05) is 17.3 Å². The number of hydrogen-bond acceptors (Lipinski definition) is 2. The minimum absolute atomic E-state index is 0.462. The van der Waals surface area contributed by atoms with Crippen LogP contribution < -0.4 is 5.32 Å². The summed E-state index contributed by atoms with van der Waals surface area (Å²) in [6, 6.07) is 0.462. The number of nitrogens with one attached hydrogen (secondary N) is 2. The van der Waals surface area contributed by atoms with Crippen LogP contribution in [0.4, 0.5) is 5.82 Å². The molecule has 2 aliphatic carbocycles. The number of anilines is 1. The lowest BCUT2D eigenvalue weighted by molar-refractivity contribution is 0.254. The molecule has 1 fully saturated rings. The molecular formula is C14H23N3. The number of rotatable bonds is 2. The quantitative estimate of drug-likeness (QED) is 0.823. The van der Waals surface area contributed by atoms with E-state index in [0.29, 0.717) is 11.5 Å². The number of aromatic amines is 1. The number of aromatic nitrogens is 2. The molecule has 0 atom stereocenters. The molecule has 3 nitrogen and oxygen atoms in total. The van der Waals surface area contributed by atoms with E-state index in [0.717, 1.165) is 5.82 Å². The van der Waals surface area contributed by atoms with Crippen LogP contribution in [-0.4, -0.2) is 16.2 Å². The van der Waals surface area contributed by atoms with Gasteiger partial charge >= 0.3 is 0 Å². The van der Waals surface area contributed by atoms with E-state index in [1.54, 1.807) is 0 Å². The van der Waals surface area contributed by atoms with Crippen molar-refractivity contribution in [3.05, 3.63) is 11.3 Å². The van der Waals surface area contributed by atoms with E-state index in [1.807, 2.05) is 0 Å². The first-order valence-corrected chi connectivity index (χ1v) is 7.01. The predicted octanol–water partition coefficient (Wildman–Crippen LogP) is 3.28. The average Bonchev–Trinajstić information content (AvgIpc) is 2.88. The molecule has 0 aromatic carbocycles. The lowest BCUT2D eigenvalue weighted by atomic mass is 9.72. The van der Waals surface area contributed by atoms with Crippen LogP contribution in [0.5, 0.6) is 0 Å². The number of nitrogens with zero attached hydrogens (tertiary/aromatic N) is 1. The molecule has 3 heteroatoms. The number of H-pyrrole nitrogens is 1. The molecule has 1 heterocycles. The van der Waals surface area contributed by atoms with Gasteiger partial charge in [0.1, 0.15) is 0 Å². The highest BCUT2D eigenvalue weighted by Crippen LogP contribution is 2.48. The zero-order chi connectivity index (χ0) is 11.9. The van der Waals surface area contributed by atoms with Crippen molar-refractivity contribution < 1.29 is 0 Å². The lowest BCUT2D eigenvalue weighted by Crippen LogP contribution is -2.26. The van der Waals surface area contributed by atoms with Crippen molar-refractivity contribution in [2.24, 2.45) is 5.41 Å². The Morgan fingerprint density at radius 2 is 2.00 bits per heavy atom. The highest BCUT2D eigenvalue weighted by Gasteiger charge is 2.38. The molecule has 0 aliphatic heterocycles. The molecule has 2 aliphatic rings. The Morgan fingerprint density at radius 1 is 1.24 bits per heavy atom. The Labute approximate surface area is 103 Å². The van der Waals surface area contributed by atoms with Crippen molar-refractivity contribution >= 4 is 5.82 Å². The third-order valence-corrected chi connectivity index (χ3v) is 4.50. The summed E-state index contributed by atoms with van der Waals surface area (Å²) in [6.07, 6.45) is 9.52. The van der Waals surface area contributed by atoms with Crippen LogP contribution in [-0.2, 0) is 12.8 Å². The van der Waals surface area contributed by atoms with Gasteiger partial charge in [-0.25, -0.2) is 0 Å². The van der Waals surface area contributed by atoms with Crippen LogP contribution in [0.15, 0.2) is 0 Å². The third kappa shape index (κ3) is 1.96. The summed E-state index contributed by atoms with van der Waals surface area (Å²) in [7, 11) is 0. The summed E-state index contributed by atoms with van der Waals surface area (Å²) in [5.74, 6) is 1.11. The van der Waals surface area contributed by atoms with E-state index in [-0.39, 0.29) is 0 Å². The summed E-state index contributed by atoms with van der Waals surface area (Å²) in [5, 5.41) is 11.2. The second-order valence-corrected chi connectivity index (χ2v) is 6.21. The molecule has 0 radical (unpaired) electrons. The van der Waals surface area contributed by atoms with Gasteiger partial charge in [0.05, 0.1) is 0 Å². The van der Waals surface area contributed by atoms with Crippen molar-refractivity contribution in [1.29, 1.82) is 0 Å². The summed E-state index contributed by atoms with van der Waals surface area (Å²) >= 11 is 0. The molecule has 94 valence electrons. The fraction of sp³-hybridized carbons (Fsp3) is 0.786. The van der Waals surface area contributed by atoms with E-state index >= 15 is 0 Å². The van der Waals surface area contributed by atoms with E-state index in [1.165, 1.54) is 56.2 Å². The van der Waals surface area contributed by atoms with Gasteiger partial charge in [0.15, 0.2) is 5.82 Å². The second-order valence-electron chi connectivity index (χ2n) is 6.21. The van der Waals surface area contributed by atoms with Gasteiger partial charge in [-0.1, -0.05) is 12.8 Å². The molecular weight excluding hydrogens is 210 g/mol. The zero-order valence-electron chi connectivity index (χ0n) is 11.0. The number of hydrogen-bond donors (Lipinski definition) is 2. The predicted molar refractivity (Wildman–Crippen MR) is 70.3 cm³/mol. The van der Waals surface area contributed by atoms with Crippen LogP contribution in [0, 0.1) is 5.41 Å². The fourth-order valence-corrected chi connectivity index (χ4v) is 3.60. The Balaban J connectivity index is 1.86. The van der Waals surface area contributed by atoms with Crippen LogP contribution in [0.2, 0.25) is 0 Å². The maximum atomic E-state index is 4.46. The number of fused-ring (bicyclic) bond motifs is 1. The Kier molecular flexibility index (Phi) is 2.64. The molecule has 0 saturated heterocycles. The minimum Gasteiger partial charge on any atom is -0.366 e. The van der Waals surface area contributed by atoms with Crippen molar-refractivity contribution in [3.8, 4) is 0 Å². The molecule has 3 rings (SSSR count). The van der Waals surface area contributed by atoms with E-state index in [2.05, 4.69) is 29.4 Å². The van der Waals surface area contributed by atoms with Crippen molar-refractivity contribution in [2.45, 2.75) is 64.8 Å². The van der Waals surface area contributed by atoms with Crippen LogP contribution in [0.3, 0.4) is 0 Å². The van der Waals surface area contributed by atoms with E-state index < -0.39 is 0 Å². The molecule has 0 amide bonds. The van der Waals surface area contributed by atoms with E-state index in [9.17, 15) is 0 Å². The van der Waals surface area contributed by atoms with Gasteiger partial charge in [0.25, 0.3) is 0 Å². The summed E-state index contributed by atoms with van der Waals surface area (Å²) in [5.41, 5.74) is 3.47. The molecule has 0 unspecified atom stereocenters. The molecule has 0 bridgehead atoms. The highest BCUT2D eigenvalue weighted by molar-refractivity contribution is 5.49. The topological polar surface area (TPSA) is 40.7 Å². The smallest absolute Gasteiger partial charge is 0.151 e. The molecule has 1 aromatic heterocycles. The molecule has 1 saturated carbocycles. The standard InChI is InChI=1S/C14H23N3/c1-10(2)15-13-11-9-14(6-3-4-7-14)8-5-12(11)16-17-13/h10H,3-9H2,1-2H3,(H2,15,16,17). The first kappa shape index (κ1) is 11.1. The van der Waals surface area contributed by atoms with Crippen molar-refractivity contribution in [3.63, 3.8) is 0 Å². The van der Waals surface area contributed by atoms with Crippen molar-refractivity contribution in [2.75, 3.05) is 5.32 Å². The first-order valence-electron chi connectivity index (χ1n) is 7.01. The second kappa shape index (κ2) is 4.04. The maximum Gasteiger partial charge on any atom is 0.151 e. The Hall–Kier alpha value is -0.990. The normalized spacial score (nSPS) is 22.1. The molecule has 17 heavy (non-hydrogen) atoms. The van der Waals surface area contributed by atoms with Gasteiger partial charge < -0.3 is 5.32 Å². The molecule has 1 spiro atoms. The van der Waals surface area contributed by atoms with Crippen molar-refractivity contribution in [1.82, 2.24) is 10.2 Å². The largest absolute Gasteiger partial charge is 0.366 e. The Bertz CT molecular complexity index is 400. The summed E-state index contributed by atoms with van der Waals surface area (Å²) in [6.45, 7) is 4.35. The van der Waals surface area contributed by atoms with Crippen LogP contribution in [0.25, 0.3) is 0 Å². The van der Waals surface area contributed by atoms with Gasteiger partial charge in [-0.05, 0) is 51.4 Å². The first-order chi connectivity index (χ1) is 8.19. The summed E-state index contributed by atoms with van der Waals surface area (Å²) in [4.78, 5) is 0. The van der Waals surface area contributed by atoms with Gasteiger partial charge in [-0.15, -0.1) is 0 Å². The minimum atomic E-state index is 0.462. The SMILES string of the molecule is CC(C)Nc1n[nH]c2c1CC1(CCCC1)CC2. The third-order valence-electron chi connectivity index (χ3n) is 4.50. The van der Waals surface area contributed by atoms with Crippen LogP contribution >= 0.6 is 0 Å². The molecule has 2 N–H and O–H groups in total. The molecule has 1 aromatic rings.